The first-order chi connectivity index (χ1) is 9.99. The van der Waals surface area contributed by atoms with E-state index in [-0.39, 0.29) is 11.5 Å². The predicted molar refractivity (Wildman–Crippen MR) is 83.8 cm³/mol. The van der Waals surface area contributed by atoms with Crippen LogP contribution in [0.1, 0.15) is 28.4 Å². The summed E-state index contributed by atoms with van der Waals surface area (Å²) in [6.07, 6.45) is 0. The van der Waals surface area contributed by atoms with Crippen molar-refractivity contribution in [3.05, 3.63) is 69.3 Å². The van der Waals surface area contributed by atoms with Gasteiger partial charge in [-0.25, -0.2) is 0 Å². The van der Waals surface area contributed by atoms with Crippen molar-refractivity contribution in [2.45, 2.75) is 24.5 Å². The fourth-order valence-electron chi connectivity index (χ4n) is 1.96. The number of Topliss-reactive ketones (excluding diaryl/α,β-unsaturated/α-hetero) is 1. The topological polar surface area (TPSA) is 60.2 Å². The molecule has 0 saturated heterocycles. The first-order valence-electron chi connectivity index (χ1n) is 6.45. The number of hydrogen-bond donors (Lipinski definition) is 0. The molecule has 0 atom stereocenters. The first-order valence-corrected chi connectivity index (χ1v) is 7.44. The molecule has 4 nitrogen and oxygen atoms in total. The number of aryl methyl sites for hydroxylation is 1. The van der Waals surface area contributed by atoms with Crippen LogP contribution < -0.4 is 0 Å². The molecule has 2 aromatic carbocycles. The van der Waals surface area contributed by atoms with Crippen molar-refractivity contribution < 1.29 is 9.72 Å². The third kappa shape index (κ3) is 3.70. The second-order valence-electron chi connectivity index (χ2n) is 4.71. The van der Waals surface area contributed by atoms with Gasteiger partial charge in [0.2, 0.25) is 0 Å². The molecule has 0 amide bonds. The summed E-state index contributed by atoms with van der Waals surface area (Å²) >= 11 is 1.52. The highest BCUT2D eigenvalue weighted by atomic mass is 32.2. The minimum atomic E-state index is -0.484. The minimum absolute atomic E-state index is 0.0551. The Morgan fingerprint density at radius 1 is 1.24 bits per heavy atom. The lowest BCUT2D eigenvalue weighted by Crippen LogP contribution is -1.98. The fourth-order valence-corrected chi connectivity index (χ4v) is 3.12. The Morgan fingerprint density at radius 2 is 1.95 bits per heavy atom. The number of nitro groups is 1. The molecule has 0 spiro atoms. The molecule has 0 bridgehead atoms. The lowest BCUT2D eigenvalue weighted by molar-refractivity contribution is -0.384. The number of carbonyl (C=O) groups is 1. The summed E-state index contributed by atoms with van der Waals surface area (Å²) in [6.45, 7) is 3.47. The Bertz CT molecular complexity index is 698. The molecule has 2 aromatic rings. The Kier molecular flexibility index (Phi) is 4.75. The summed E-state index contributed by atoms with van der Waals surface area (Å²) in [7, 11) is 0. The third-order valence-electron chi connectivity index (χ3n) is 3.20. The van der Waals surface area contributed by atoms with Crippen LogP contribution in [0.5, 0.6) is 0 Å². The second-order valence-corrected chi connectivity index (χ2v) is 5.73. The van der Waals surface area contributed by atoms with Crippen LogP contribution in [0.3, 0.4) is 0 Å². The fraction of sp³-hybridized carbons (Fsp3) is 0.188. The maximum Gasteiger partial charge on any atom is 0.270 e. The number of nitrogens with zero attached hydrogens (tertiary/aromatic N) is 1. The van der Waals surface area contributed by atoms with E-state index in [0.29, 0.717) is 5.56 Å². The van der Waals surface area contributed by atoms with Crippen LogP contribution in [0.25, 0.3) is 0 Å². The van der Waals surface area contributed by atoms with Crippen molar-refractivity contribution >= 4 is 23.2 Å². The Labute approximate surface area is 127 Å². The molecule has 0 saturated carbocycles. The molecule has 5 heteroatoms. The standard InChI is InChI=1S/C16H15NO3S/c1-11-5-3-4-6-13(11)10-21-16-8-7-14(17(19)20)9-15(16)12(2)18/h3-9H,10H2,1-2H3. The molecule has 0 aliphatic rings. The Morgan fingerprint density at radius 3 is 2.57 bits per heavy atom. The van der Waals surface area contributed by atoms with E-state index < -0.39 is 4.92 Å². The van der Waals surface area contributed by atoms with Crippen LogP contribution in [-0.2, 0) is 5.75 Å². The van der Waals surface area contributed by atoms with Crippen molar-refractivity contribution in [1.82, 2.24) is 0 Å². The van der Waals surface area contributed by atoms with Crippen LogP contribution in [0.4, 0.5) is 5.69 Å². The predicted octanol–water partition coefficient (Wildman–Crippen LogP) is 4.40. The number of carbonyl (C=O) groups excluding carboxylic acids is 1. The molecule has 0 unspecified atom stereocenters. The van der Waals surface area contributed by atoms with Gasteiger partial charge < -0.3 is 0 Å². The average Bonchev–Trinajstić information content (AvgIpc) is 2.46. The maximum absolute atomic E-state index is 11.7. The number of hydrogen-bond acceptors (Lipinski definition) is 4. The van der Waals surface area contributed by atoms with Gasteiger partial charge in [-0.3, -0.25) is 14.9 Å². The van der Waals surface area contributed by atoms with E-state index >= 15 is 0 Å². The molecule has 108 valence electrons. The zero-order chi connectivity index (χ0) is 15.4. The quantitative estimate of drug-likeness (QED) is 0.355. The maximum atomic E-state index is 11.7. The molecule has 0 N–H and O–H groups in total. The van der Waals surface area contributed by atoms with Gasteiger partial charge in [0.1, 0.15) is 0 Å². The number of nitro benzene ring substituents is 1. The van der Waals surface area contributed by atoms with Crippen LogP contribution in [-0.4, -0.2) is 10.7 Å². The summed E-state index contributed by atoms with van der Waals surface area (Å²) in [4.78, 5) is 22.8. The molecule has 0 fully saturated rings. The SMILES string of the molecule is CC(=O)c1cc([N+](=O)[O-])ccc1SCc1ccccc1C. The van der Waals surface area contributed by atoms with Crippen LogP contribution in [0, 0.1) is 17.0 Å². The lowest BCUT2D eigenvalue weighted by atomic mass is 10.1. The molecule has 0 radical (unpaired) electrons. The second kappa shape index (κ2) is 6.54. The van der Waals surface area contributed by atoms with Gasteiger partial charge in [-0.05, 0) is 31.0 Å². The average molecular weight is 301 g/mol. The monoisotopic (exact) mass is 301 g/mol. The highest BCUT2D eigenvalue weighted by Gasteiger charge is 2.14. The van der Waals surface area contributed by atoms with E-state index in [1.54, 1.807) is 6.07 Å². The van der Waals surface area contributed by atoms with Gasteiger partial charge in [0, 0.05) is 28.3 Å². The normalized spacial score (nSPS) is 10.4. The molecule has 2 rings (SSSR count). The van der Waals surface area contributed by atoms with Gasteiger partial charge >= 0.3 is 0 Å². The third-order valence-corrected chi connectivity index (χ3v) is 4.32. The van der Waals surface area contributed by atoms with Gasteiger partial charge in [0.15, 0.2) is 5.78 Å². The first kappa shape index (κ1) is 15.3. The van der Waals surface area contributed by atoms with Crippen LogP contribution in [0.2, 0.25) is 0 Å². The largest absolute Gasteiger partial charge is 0.294 e. The van der Waals surface area contributed by atoms with Gasteiger partial charge in [0.05, 0.1) is 4.92 Å². The Hall–Kier alpha value is -2.14. The smallest absolute Gasteiger partial charge is 0.270 e. The number of benzene rings is 2. The molecular formula is C16H15NO3S. The summed E-state index contributed by atoms with van der Waals surface area (Å²) in [5.74, 6) is 0.566. The number of rotatable bonds is 5. The summed E-state index contributed by atoms with van der Waals surface area (Å²) in [6, 6.07) is 12.5. The summed E-state index contributed by atoms with van der Waals surface area (Å²) < 4.78 is 0. The molecule has 0 aromatic heterocycles. The number of thioether (sulfide) groups is 1. The zero-order valence-corrected chi connectivity index (χ0v) is 12.6. The summed E-state index contributed by atoms with van der Waals surface area (Å²) in [5, 5.41) is 10.8. The molecule has 0 heterocycles. The van der Waals surface area contributed by atoms with Crippen molar-refractivity contribution in [3.8, 4) is 0 Å². The van der Waals surface area contributed by atoms with Crippen molar-refractivity contribution in [3.63, 3.8) is 0 Å². The molecular weight excluding hydrogens is 286 g/mol. The van der Waals surface area contributed by atoms with E-state index in [4.69, 9.17) is 0 Å². The van der Waals surface area contributed by atoms with Crippen LogP contribution >= 0.6 is 11.8 Å². The highest BCUT2D eigenvalue weighted by Crippen LogP contribution is 2.30. The van der Waals surface area contributed by atoms with Gasteiger partial charge in [-0.15, -0.1) is 11.8 Å². The van der Waals surface area contributed by atoms with Crippen molar-refractivity contribution in [2.75, 3.05) is 0 Å². The number of non-ortho nitro benzene ring substituents is 1. The number of ketones is 1. The van der Waals surface area contributed by atoms with Crippen molar-refractivity contribution in [2.24, 2.45) is 0 Å². The van der Waals surface area contributed by atoms with Gasteiger partial charge in [-0.2, -0.15) is 0 Å². The molecule has 21 heavy (non-hydrogen) atoms. The highest BCUT2D eigenvalue weighted by molar-refractivity contribution is 7.98. The summed E-state index contributed by atoms with van der Waals surface area (Å²) in [5.41, 5.74) is 2.73. The molecule has 0 aliphatic heterocycles. The van der Waals surface area contributed by atoms with Gasteiger partial charge in [0.25, 0.3) is 5.69 Å². The van der Waals surface area contributed by atoms with E-state index in [9.17, 15) is 14.9 Å². The van der Waals surface area contributed by atoms with Crippen LogP contribution in [0.15, 0.2) is 47.4 Å². The Balaban J connectivity index is 2.26. The van der Waals surface area contributed by atoms with E-state index in [2.05, 4.69) is 0 Å². The molecule has 0 aliphatic carbocycles. The van der Waals surface area contributed by atoms with E-state index in [1.807, 2.05) is 31.2 Å². The van der Waals surface area contributed by atoms with Gasteiger partial charge in [-0.1, -0.05) is 24.3 Å². The van der Waals surface area contributed by atoms with E-state index in [0.717, 1.165) is 10.6 Å². The van der Waals surface area contributed by atoms with Crippen molar-refractivity contribution in [1.29, 1.82) is 0 Å². The lowest BCUT2D eigenvalue weighted by Gasteiger charge is -2.08. The van der Waals surface area contributed by atoms with E-state index in [1.165, 1.54) is 41.9 Å². The minimum Gasteiger partial charge on any atom is -0.294 e. The zero-order valence-electron chi connectivity index (χ0n) is 11.8.